The van der Waals surface area contributed by atoms with Crippen molar-refractivity contribution in [1.82, 2.24) is 0 Å². The number of carbonyl (C=O) groups is 1. The zero-order valence-electron chi connectivity index (χ0n) is 9.00. The summed E-state index contributed by atoms with van der Waals surface area (Å²) in [4.78, 5) is 11.3. The summed E-state index contributed by atoms with van der Waals surface area (Å²) in [6, 6.07) is 7.25. The first-order valence-corrected chi connectivity index (χ1v) is 5.47. The molecule has 0 spiro atoms. The molecule has 15 heavy (non-hydrogen) atoms. The van der Waals surface area contributed by atoms with E-state index >= 15 is 0 Å². The second kappa shape index (κ2) is 5.76. The third-order valence-corrected chi connectivity index (χ3v) is 2.58. The van der Waals surface area contributed by atoms with Gasteiger partial charge in [0.15, 0.2) is 5.78 Å². The highest BCUT2D eigenvalue weighted by molar-refractivity contribution is 6.18. The number of alkyl halides is 1. The first-order valence-electron chi connectivity index (χ1n) is 4.94. The van der Waals surface area contributed by atoms with Crippen LogP contribution in [0.5, 0.6) is 5.75 Å². The fourth-order valence-electron chi connectivity index (χ4n) is 1.16. The number of para-hydroxylation sites is 1. The Hall–Kier alpha value is -1.02. The summed E-state index contributed by atoms with van der Waals surface area (Å²) in [7, 11) is 0. The zero-order valence-corrected chi connectivity index (χ0v) is 9.75. The summed E-state index contributed by atoms with van der Waals surface area (Å²) in [5.74, 6) is 1.50. The summed E-state index contributed by atoms with van der Waals surface area (Å²) < 4.78 is 5.55. The van der Waals surface area contributed by atoms with E-state index in [1.54, 1.807) is 12.1 Å². The van der Waals surface area contributed by atoms with Gasteiger partial charge in [0, 0.05) is 11.8 Å². The molecule has 0 saturated heterocycles. The van der Waals surface area contributed by atoms with E-state index in [1.807, 2.05) is 19.1 Å². The second-order valence-electron chi connectivity index (χ2n) is 3.62. The quantitative estimate of drug-likeness (QED) is 0.570. The highest BCUT2D eigenvalue weighted by atomic mass is 35.5. The minimum absolute atomic E-state index is 0.0177. The molecule has 0 N–H and O–H groups in total. The minimum atomic E-state index is 0.0177. The fraction of sp³-hybridized carbons (Fsp3) is 0.417. The van der Waals surface area contributed by atoms with E-state index in [0.717, 1.165) is 0 Å². The number of Topliss-reactive ketones (excluding diaryl/α,β-unsaturated/α-hetero) is 1. The molecular weight excluding hydrogens is 212 g/mol. The third-order valence-electron chi connectivity index (χ3n) is 2.05. The van der Waals surface area contributed by atoms with Crippen LogP contribution in [-0.4, -0.2) is 18.3 Å². The highest BCUT2D eigenvalue weighted by Gasteiger charge is 2.08. The van der Waals surface area contributed by atoms with Gasteiger partial charge >= 0.3 is 0 Å². The van der Waals surface area contributed by atoms with Crippen LogP contribution in [0, 0.1) is 5.92 Å². The maximum absolute atomic E-state index is 11.3. The lowest BCUT2D eigenvalue weighted by Gasteiger charge is -2.12. The van der Waals surface area contributed by atoms with Gasteiger partial charge in [0.25, 0.3) is 0 Å². The van der Waals surface area contributed by atoms with Crippen LogP contribution in [-0.2, 0) is 0 Å². The molecule has 1 rings (SSSR count). The van der Waals surface area contributed by atoms with Crippen LogP contribution in [0.3, 0.4) is 0 Å². The maximum atomic E-state index is 11.3. The molecule has 1 atom stereocenters. The molecule has 1 aromatic carbocycles. The van der Waals surface area contributed by atoms with E-state index in [9.17, 15) is 4.79 Å². The number of hydrogen-bond acceptors (Lipinski definition) is 2. The second-order valence-corrected chi connectivity index (χ2v) is 3.93. The summed E-state index contributed by atoms with van der Waals surface area (Å²) >= 11 is 5.67. The van der Waals surface area contributed by atoms with E-state index in [-0.39, 0.29) is 11.7 Å². The Balaban J connectivity index is 2.72. The van der Waals surface area contributed by atoms with Gasteiger partial charge < -0.3 is 4.74 Å². The van der Waals surface area contributed by atoms with Gasteiger partial charge in [-0.1, -0.05) is 19.1 Å². The van der Waals surface area contributed by atoms with E-state index in [4.69, 9.17) is 16.3 Å². The molecule has 0 aliphatic heterocycles. The standard InChI is InChI=1S/C12H15ClO2/c1-9(7-13)8-15-12-6-4-3-5-11(12)10(2)14/h3-6,9H,7-8H2,1-2H3. The van der Waals surface area contributed by atoms with Crippen molar-refractivity contribution < 1.29 is 9.53 Å². The molecule has 0 aliphatic carbocycles. The number of halogens is 1. The number of benzene rings is 1. The van der Waals surface area contributed by atoms with E-state index < -0.39 is 0 Å². The summed E-state index contributed by atoms with van der Waals surface area (Å²) in [5, 5.41) is 0. The van der Waals surface area contributed by atoms with Gasteiger partial charge in [0.1, 0.15) is 5.75 Å². The molecule has 0 heterocycles. The van der Waals surface area contributed by atoms with Crippen molar-refractivity contribution in [3.63, 3.8) is 0 Å². The number of ether oxygens (including phenoxy) is 1. The van der Waals surface area contributed by atoms with Crippen LogP contribution in [0.4, 0.5) is 0 Å². The van der Waals surface area contributed by atoms with Gasteiger partial charge in [-0.3, -0.25) is 4.79 Å². The topological polar surface area (TPSA) is 26.3 Å². The molecule has 0 radical (unpaired) electrons. The van der Waals surface area contributed by atoms with Crippen molar-refractivity contribution in [1.29, 1.82) is 0 Å². The number of hydrogen-bond donors (Lipinski definition) is 0. The van der Waals surface area contributed by atoms with E-state index in [1.165, 1.54) is 6.92 Å². The lowest BCUT2D eigenvalue weighted by atomic mass is 10.1. The normalized spacial score (nSPS) is 12.2. The average Bonchev–Trinajstić information content (AvgIpc) is 2.26. The predicted octanol–water partition coefficient (Wildman–Crippen LogP) is 3.14. The molecule has 2 nitrogen and oxygen atoms in total. The van der Waals surface area contributed by atoms with Crippen LogP contribution in [0.2, 0.25) is 0 Å². The zero-order chi connectivity index (χ0) is 11.3. The van der Waals surface area contributed by atoms with Crippen LogP contribution >= 0.6 is 11.6 Å². The lowest BCUT2D eigenvalue weighted by molar-refractivity contribution is 0.101. The van der Waals surface area contributed by atoms with Crippen molar-refractivity contribution in [3.8, 4) is 5.75 Å². The largest absolute Gasteiger partial charge is 0.493 e. The van der Waals surface area contributed by atoms with Crippen molar-refractivity contribution >= 4 is 17.4 Å². The highest BCUT2D eigenvalue weighted by Crippen LogP contribution is 2.19. The van der Waals surface area contributed by atoms with Gasteiger partial charge in [-0.2, -0.15) is 0 Å². The molecule has 0 saturated carbocycles. The number of rotatable bonds is 5. The lowest BCUT2D eigenvalue weighted by Crippen LogP contribution is -2.11. The van der Waals surface area contributed by atoms with Crippen LogP contribution in [0.25, 0.3) is 0 Å². The Labute approximate surface area is 95.2 Å². The maximum Gasteiger partial charge on any atom is 0.163 e. The van der Waals surface area contributed by atoms with Gasteiger partial charge in [0.2, 0.25) is 0 Å². The Bertz CT molecular complexity index is 336. The van der Waals surface area contributed by atoms with E-state index in [2.05, 4.69) is 0 Å². The number of ketones is 1. The van der Waals surface area contributed by atoms with Crippen molar-refractivity contribution in [3.05, 3.63) is 29.8 Å². The van der Waals surface area contributed by atoms with Gasteiger partial charge in [-0.15, -0.1) is 11.6 Å². The summed E-state index contributed by atoms with van der Waals surface area (Å²) in [6.07, 6.45) is 0. The smallest absolute Gasteiger partial charge is 0.163 e. The Morgan fingerprint density at radius 1 is 1.47 bits per heavy atom. The molecule has 0 aromatic heterocycles. The molecule has 0 bridgehead atoms. The van der Waals surface area contributed by atoms with Crippen LogP contribution in [0.1, 0.15) is 24.2 Å². The van der Waals surface area contributed by atoms with Crippen LogP contribution < -0.4 is 4.74 Å². The molecule has 0 aliphatic rings. The first kappa shape index (κ1) is 12.1. The Morgan fingerprint density at radius 3 is 2.73 bits per heavy atom. The average molecular weight is 227 g/mol. The molecule has 1 unspecified atom stereocenters. The summed E-state index contributed by atoms with van der Waals surface area (Å²) in [6.45, 7) is 4.07. The van der Waals surface area contributed by atoms with E-state index in [0.29, 0.717) is 23.8 Å². The minimum Gasteiger partial charge on any atom is -0.493 e. The molecule has 0 fully saturated rings. The van der Waals surface area contributed by atoms with Gasteiger partial charge in [-0.05, 0) is 19.1 Å². The molecule has 1 aromatic rings. The van der Waals surface area contributed by atoms with Gasteiger partial charge in [-0.25, -0.2) is 0 Å². The monoisotopic (exact) mass is 226 g/mol. The fourth-order valence-corrected chi connectivity index (χ4v) is 1.25. The van der Waals surface area contributed by atoms with Crippen molar-refractivity contribution in [2.45, 2.75) is 13.8 Å². The van der Waals surface area contributed by atoms with Gasteiger partial charge in [0.05, 0.1) is 12.2 Å². The first-order chi connectivity index (χ1) is 7.15. The molecule has 3 heteroatoms. The van der Waals surface area contributed by atoms with Crippen LogP contribution in [0.15, 0.2) is 24.3 Å². The Kier molecular flexibility index (Phi) is 4.63. The molecule has 0 amide bonds. The summed E-state index contributed by atoms with van der Waals surface area (Å²) in [5.41, 5.74) is 0.624. The number of carbonyl (C=O) groups excluding carboxylic acids is 1. The molecule has 82 valence electrons. The van der Waals surface area contributed by atoms with Crippen molar-refractivity contribution in [2.75, 3.05) is 12.5 Å². The SMILES string of the molecule is CC(=O)c1ccccc1OCC(C)CCl. The predicted molar refractivity (Wildman–Crippen MR) is 61.8 cm³/mol. The third kappa shape index (κ3) is 3.56. The Morgan fingerprint density at radius 2 is 2.13 bits per heavy atom. The molecular formula is C12H15ClO2. The van der Waals surface area contributed by atoms with Crippen molar-refractivity contribution in [2.24, 2.45) is 5.92 Å².